The van der Waals surface area contributed by atoms with Gasteiger partial charge in [-0.2, -0.15) is 0 Å². The zero-order valence-corrected chi connectivity index (χ0v) is 32.6. The van der Waals surface area contributed by atoms with Crippen LogP contribution in [0.3, 0.4) is 0 Å². The van der Waals surface area contributed by atoms with Gasteiger partial charge in [0.05, 0.1) is 0 Å². The van der Waals surface area contributed by atoms with Crippen LogP contribution in [-0.2, 0) is 0 Å². The highest BCUT2D eigenvalue weighted by Crippen LogP contribution is 2.40. The summed E-state index contributed by atoms with van der Waals surface area (Å²) in [5.41, 5.74) is 15.3. The third-order valence-electron chi connectivity index (χ3n) is 11.5. The Balaban J connectivity index is 1.07. The van der Waals surface area contributed by atoms with E-state index in [0.717, 1.165) is 72.3 Å². The second kappa shape index (κ2) is 15.0. The van der Waals surface area contributed by atoms with Crippen molar-refractivity contribution in [1.29, 1.82) is 0 Å². The highest BCUT2D eigenvalue weighted by atomic mass is 14.6. The standard InChI is InChI=1S/C56H36N4/c1-2-17-53-51(15-1)52-16-3-4-18-54(52)56-30-41(19-20-55(53)56)46-26-44(37-9-5-11-39(23-37)47-28-49(35-59-33-47)42-13-7-21-57-31-42)25-45(27-46)38-10-6-12-40(24-38)48-29-50(36-60-34-48)43-14-8-22-58-32-43/h1-36H. The molecule has 60 heavy (non-hydrogen) atoms. The third-order valence-corrected chi connectivity index (χ3v) is 11.5. The molecule has 0 bridgehead atoms. The van der Waals surface area contributed by atoms with Crippen LogP contribution in [0.2, 0.25) is 0 Å². The maximum atomic E-state index is 4.63. The monoisotopic (exact) mass is 764 g/mol. The highest BCUT2D eigenvalue weighted by molar-refractivity contribution is 6.25. The van der Waals surface area contributed by atoms with Gasteiger partial charge in [-0.1, -0.05) is 109 Å². The van der Waals surface area contributed by atoms with E-state index >= 15 is 0 Å². The van der Waals surface area contributed by atoms with Crippen LogP contribution in [0.4, 0.5) is 0 Å². The average molecular weight is 765 g/mol. The van der Waals surface area contributed by atoms with Crippen molar-refractivity contribution in [2.45, 2.75) is 0 Å². The molecule has 0 aliphatic carbocycles. The Bertz CT molecular complexity index is 3200. The first kappa shape index (κ1) is 35.1. The smallest absolute Gasteiger partial charge is 0.0347 e. The molecule has 0 fully saturated rings. The summed E-state index contributed by atoms with van der Waals surface area (Å²) in [6.45, 7) is 0. The van der Waals surface area contributed by atoms with Gasteiger partial charge in [0, 0.05) is 83.0 Å². The molecule has 0 unspecified atom stereocenters. The summed E-state index contributed by atoms with van der Waals surface area (Å²) >= 11 is 0. The first-order valence-electron chi connectivity index (χ1n) is 20.1. The van der Waals surface area contributed by atoms with E-state index in [1.165, 1.54) is 37.9 Å². The van der Waals surface area contributed by atoms with Gasteiger partial charge in [0.2, 0.25) is 0 Å². The number of pyridine rings is 4. The molecule has 0 atom stereocenters. The van der Waals surface area contributed by atoms with Crippen molar-refractivity contribution in [3.63, 3.8) is 0 Å². The molecule has 0 N–H and O–H groups in total. The second-order valence-electron chi connectivity index (χ2n) is 15.2. The lowest BCUT2D eigenvalue weighted by molar-refractivity contribution is 1.30. The summed E-state index contributed by atoms with van der Waals surface area (Å²) in [7, 11) is 0. The lowest BCUT2D eigenvalue weighted by Crippen LogP contribution is -1.90. The van der Waals surface area contributed by atoms with Crippen LogP contribution in [-0.4, -0.2) is 19.9 Å². The maximum Gasteiger partial charge on any atom is 0.0347 e. The lowest BCUT2D eigenvalue weighted by atomic mass is 9.89. The van der Waals surface area contributed by atoms with Gasteiger partial charge >= 0.3 is 0 Å². The van der Waals surface area contributed by atoms with Gasteiger partial charge in [0.15, 0.2) is 0 Å². The Morgan fingerprint density at radius 3 is 0.933 bits per heavy atom. The molecular weight excluding hydrogens is 729 g/mol. The average Bonchev–Trinajstić information content (AvgIpc) is 3.34. The van der Waals surface area contributed by atoms with Crippen molar-refractivity contribution in [2.75, 3.05) is 0 Å². The van der Waals surface area contributed by atoms with Crippen molar-refractivity contribution < 1.29 is 0 Å². The molecule has 0 saturated carbocycles. The predicted molar refractivity (Wildman–Crippen MR) is 248 cm³/mol. The van der Waals surface area contributed by atoms with Gasteiger partial charge in [-0.3, -0.25) is 19.9 Å². The Kier molecular flexibility index (Phi) is 8.79. The molecule has 7 aromatic carbocycles. The molecular formula is C56H36N4. The molecule has 0 spiro atoms. The van der Waals surface area contributed by atoms with Crippen LogP contribution < -0.4 is 0 Å². The normalized spacial score (nSPS) is 11.3. The first-order valence-corrected chi connectivity index (χ1v) is 20.1. The molecule has 280 valence electrons. The Hall–Kier alpha value is -8.08. The predicted octanol–water partition coefficient (Wildman–Crippen LogP) is 14.4. The third kappa shape index (κ3) is 6.56. The van der Waals surface area contributed by atoms with Crippen LogP contribution in [0.5, 0.6) is 0 Å². The van der Waals surface area contributed by atoms with Crippen LogP contribution in [0.25, 0.3) is 110 Å². The zero-order valence-electron chi connectivity index (χ0n) is 32.6. The number of hydrogen-bond acceptors (Lipinski definition) is 4. The molecule has 0 saturated heterocycles. The summed E-state index contributed by atoms with van der Waals surface area (Å²) < 4.78 is 0. The minimum Gasteiger partial charge on any atom is -0.264 e. The number of fused-ring (bicyclic) bond motifs is 6. The fourth-order valence-corrected chi connectivity index (χ4v) is 8.55. The van der Waals surface area contributed by atoms with Crippen LogP contribution >= 0.6 is 0 Å². The van der Waals surface area contributed by atoms with E-state index in [2.05, 4.69) is 178 Å². The van der Waals surface area contributed by atoms with Gasteiger partial charge in [0.1, 0.15) is 0 Å². The van der Waals surface area contributed by atoms with E-state index in [-0.39, 0.29) is 0 Å². The van der Waals surface area contributed by atoms with Gasteiger partial charge in [-0.25, -0.2) is 0 Å². The number of rotatable bonds is 7. The SMILES string of the molecule is c1cncc(-c2cncc(-c3cccc(-c4cc(-c5cccc(-c6cncc(-c7cccnc7)c6)c5)cc(-c5ccc6c7ccccc7c7ccccc7c6c5)c4)c3)c2)c1. The molecule has 11 aromatic rings. The summed E-state index contributed by atoms with van der Waals surface area (Å²) in [5, 5.41) is 7.58. The van der Waals surface area contributed by atoms with Crippen molar-refractivity contribution in [1.82, 2.24) is 19.9 Å². The minimum absolute atomic E-state index is 1.04. The summed E-state index contributed by atoms with van der Waals surface area (Å²) in [5.74, 6) is 0. The summed E-state index contributed by atoms with van der Waals surface area (Å²) in [4.78, 5) is 17.9. The molecule has 4 nitrogen and oxygen atoms in total. The van der Waals surface area contributed by atoms with Crippen LogP contribution in [0, 0.1) is 0 Å². The molecule has 11 rings (SSSR count). The molecule has 0 aliphatic heterocycles. The van der Waals surface area contributed by atoms with Crippen molar-refractivity contribution in [3.05, 3.63) is 219 Å². The maximum absolute atomic E-state index is 4.63. The zero-order chi connectivity index (χ0) is 39.8. The number of benzene rings is 7. The van der Waals surface area contributed by atoms with Gasteiger partial charge in [-0.15, -0.1) is 0 Å². The van der Waals surface area contributed by atoms with E-state index in [1.54, 1.807) is 12.4 Å². The van der Waals surface area contributed by atoms with Gasteiger partial charge in [-0.05, 0) is 137 Å². The fourth-order valence-electron chi connectivity index (χ4n) is 8.55. The Labute approximate surface area is 348 Å². The molecule has 4 heterocycles. The van der Waals surface area contributed by atoms with E-state index in [0.29, 0.717) is 0 Å². The van der Waals surface area contributed by atoms with Crippen molar-refractivity contribution in [3.8, 4) is 77.9 Å². The summed E-state index contributed by atoms with van der Waals surface area (Å²) in [6, 6.07) is 61.5. The number of nitrogens with zero attached hydrogens (tertiary/aromatic N) is 4. The van der Waals surface area contributed by atoms with E-state index in [4.69, 9.17) is 0 Å². The molecule has 0 amide bonds. The molecule has 4 aromatic heterocycles. The number of hydrogen-bond donors (Lipinski definition) is 0. The minimum atomic E-state index is 1.04. The van der Waals surface area contributed by atoms with Crippen molar-refractivity contribution >= 4 is 32.3 Å². The largest absolute Gasteiger partial charge is 0.264 e. The molecule has 0 aliphatic rings. The van der Waals surface area contributed by atoms with Gasteiger partial charge < -0.3 is 0 Å². The van der Waals surface area contributed by atoms with E-state index in [1.807, 2.05) is 49.3 Å². The summed E-state index contributed by atoms with van der Waals surface area (Å²) in [6.07, 6.45) is 15.0. The second-order valence-corrected chi connectivity index (χ2v) is 15.2. The van der Waals surface area contributed by atoms with Gasteiger partial charge in [0.25, 0.3) is 0 Å². The topological polar surface area (TPSA) is 51.6 Å². The Morgan fingerprint density at radius 2 is 0.500 bits per heavy atom. The lowest BCUT2D eigenvalue weighted by Gasteiger charge is -2.15. The molecule has 4 heteroatoms. The van der Waals surface area contributed by atoms with Crippen LogP contribution in [0.1, 0.15) is 0 Å². The Morgan fingerprint density at radius 1 is 0.183 bits per heavy atom. The number of aromatic nitrogens is 4. The fraction of sp³-hybridized carbons (Fsp3) is 0. The first-order chi connectivity index (χ1) is 29.7. The van der Waals surface area contributed by atoms with Crippen molar-refractivity contribution in [2.24, 2.45) is 0 Å². The van der Waals surface area contributed by atoms with E-state index in [9.17, 15) is 0 Å². The van der Waals surface area contributed by atoms with E-state index < -0.39 is 0 Å². The molecule has 0 radical (unpaired) electrons. The quantitative estimate of drug-likeness (QED) is 0.152. The van der Waals surface area contributed by atoms with Crippen LogP contribution in [0.15, 0.2) is 219 Å². The highest BCUT2D eigenvalue weighted by Gasteiger charge is 2.14.